The molecule has 3 rings (SSSR count). The molecule has 0 fully saturated rings. The number of halogens is 2. The van der Waals surface area contributed by atoms with E-state index in [1.54, 1.807) is 45.0 Å². The summed E-state index contributed by atoms with van der Waals surface area (Å²) in [5.41, 5.74) is 0.129. The molecule has 0 aliphatic carbocycles. The fourth-order valence-electron chi connectivity index (χ4n) is 3.36. The average molecular weight is 458 g/mol. The van der Waals surface area contributed by atoms with Gasteiger partial charge in [-0.15, -0.1) is 0 Å². The molecule has 1 atom stereocenters. The number of hydrogen-bond donors (Lipinski definition) is 1. The maximum atomic E-state index is 13.5. The number of methoxy groups -OCH3 is 1. The van der Waals surface area contributed by atoms with Gasteiger partial charge in [0.25, 0.3) is 5.91 Å². The summed E-state index contributed by atoms with van der Waals surface area (Å²) in [5.74, 6) is -3.44. The third-order valence-electron chi connectivity index (χ3n) is 4.72. The number of benzene rings is 2. The minimum Gasteiger partial charge on any atom is -0.467 e. The lowest BCUT2D eigenvalue weighted by molar-refractivity contribution is -0.142. The largest absolute Gasteiger partial charge is 0.467 e. The van der Waals surface area contributed by atoms with Gasteiger partial charge in [0.05, 0.1) is 12.6 Å². The number of carbonyl (C=O) groups is 3. The van der Waals surface area contributed by atoms with Crippen molar-refractivity contribution in [3.8, 4) is 0 Å². The Morgan fingerprint density at radius 2 is 1.70 bits per heavy atom. The van der Waals surface area contributed by atoms with E-state index in [-0.39, 0.29) is 12.0 Å². The van der Waals surface area contributed by atoms with E-state index >= 15 is 0 Å². The van der Waals surface area contributed by atoms with Gasteiger partial charge >= 0.3 is 12.1 Å². The molecule has 0 aliphatic heterocycles. The summed E-state index contributed by atoms with van der Waals surface area (Å²) in [4.78, 5) is 37.7. The van der Waals surface area contributed by atoms with Gasteiger partial charge in [0.15, 0.2) is 0 Å². The summed E-state index contributed by atoms with van der Waals surface area (Å²) in [7, 11) is 1.16. The first-order valence-corrected chi connectivity index (χ1v) is 10.2. The van der Waals surface area contributed by atoms with Crippen LogP contribution >= 0.6 is 0 Å². The molecular formula is C24H24F2N2O5. The number of hydrogen-bond acceptors (Lipinski definition) is 5. The van der Waals surface area contributed by atoms with Crippen LogP contribution in [-0.2, 0) is 20.7 Å². The topological polar surface area (TPSA) is 86.6 Å². The zero-order valence-corrected chi connectivity index (χ0v) is 18.6. The van der Waals surface area contributed by atoms with E-state index in [0.29, 0.717) is 22.5 Å². The smallest absolute Gasteiger partial charge is 0.419 e. The summed E-state index contributed by atoms with van der Waals surface area (Å²) in [6.45, 7) is 5.24. The Balaban J connectivity index is 1.93. The van der Waals surface area contributed by atoms with Crippen molar-refractivity contribution in [2.24, 2.45) is 0 Å². The van der Waals surface area contributed by atoms with Crippen molar-refractivity contribution < 1.29 is 32.6 Å². The van der Waals surface area contributed by atoms with Crippen molar-refractivity contribution in [1.82, 2.24) is 9.88 Å². The van der Waals surface area contributed by atoms with Crippen molar-refractivity contribution in [3.63, 3.8) is 0 Å². The molecule has 1 aromatic heterocycles. The van der Waals surface area contributed by atoms with E-state index < -0.39 is 41.2 Å². The highest BCUT2D eigenvalue weighted by Gasteiger charge is 2.26. The van der Waals surface area contributed by atoms with Crippen molar-refractivity contribution in [3.05, 3.63) is 71.4 Å². The van der Waals surface area contributed by atoms with Crippen molar-refractivity contribution in [1.29, 1.82) is 0 Å². The Bertz CT molecular complexity index is 1190. The van der Waals surface area contributed by atoms with Crippen LogP contribution in [0.3, 0.4) is 0 Å². The molecule has 0 aliphatic rings. The molecule has 2 aromatic carbocycles. The molecule has 1 amide bonds. The van der Waals surface area contributed by atoms with Gasteiger partial charge < -0.3 is 14.8 Å². The fraction of sp³-hybridized carbons (Fsp3) is 0.292. The zero-order valence-electron chi connectivity index (χ0n) is 18.6. The first-order valence-electron chi connectivity index (χ1n) is 10.2. The maximum Gasteiger partial charge on any atom is 0.419 e. The number of esters is 1. The number of para-hydroxylation sites is 1. The van der Waals surface area contributed by atoms with E-state index in [4.69, 9.17) is 9.47 Å². The highest BCUT2D eigenvalue weighted by molar-refractivity contribution is 5.97. The second kappa shape index (κ2) is 9.40. The van der Waals surface area contributed by atoms with Crippen LogP contribution in [0.2, 0.25) is 0 Å². The SMILES string of the molecule is COC(=O)[C@@H](Cc1cn(C(=O)OC(C)(C)C)c2ccccc12)NC(=O)c1cc(F)cc(F)c1. The van der Waals surface area contributed by atoms with Crippen molar-refractivity contribution >= 4 is 28.9 Å². The predicted molar refractivity (Wildman–Crippen MR) is 117 cm³/mol. The molecule has 0 radical (unpaired) electrons. The summed E-state index contributed by atoms with van der Waals surface area (Å²) >= 11 is 0. The normalized spacial score (nSPS) is 12.3. The maximum absolute atomic E-state index is 13.5. The summed E-state index contributed by atoms with van der Waals surface area (Å²) in [5, 5.41) is 3.13. The van der Waals surface area contributed by atoms with E-state index in [9.17, 15) is 23.2 Å². The first-order chi connectivity index (χ1) is 15.5. The molecule has 0 bridgehead atoms. The van der Waals surface area contributed by atoms with Gasteiger partial charge in [-0.3, -0.25) is 9.36 Å². The number of aromatic nitrogens is 1. The van der Waals surface area contributed by atoms with Crippen molar-refractivity contribution in [2.45, 2.75) is 38.8 Å². The Kier molecular flexibility index (Phi) is 6.81. The minimum absolute atomic E-state index is 0.0352. The molecule has 0 unspecified atom stereocenters. The third-order valence-corrected chi connectivity index (χ3v) is 4.72. The predicted octanol–water partition coefficient (Wildman–Crippen LogP) is 4.22. The molecular weight excluding hydrogens is 434 g/mol. The third kappa shape index (κ3) is 5.74. The number of nitrogens with zero attached hydrogens (tertiary/aromatic N) is 1. The van der Waals surface area contributed by atoms with Crippen LogP contribution in [0.5, 0.6) is 0 Å². The van der Waals surface area contributed by atoms with Gasteiger partial charge in [0.1, 0.15) is 23.3 Å². The molecule has 0 saturated carbocycles. The van der Waals surface area contributed by atoms with Crippen LogP contribution in [0, 0.1) is 11.6 Å². The molecule has 3 aromatic rings. The number of ether oxygens (including phenoxy) is 2. The van der Waals surface area contributed by atoms with Crippen LogP contribution in [-0.4, -0.2) is 41.3 Å². The standard InChI is InChI=1S/C24H24F2N2O5/c1-24(2,3)33-23(31)28-13-15(18-7-5-6-8-20(18)28)11-19(22(30)32-4)27-21(29)14-9-16(25)12-17(26)10-14/h5-10,12-13,19H,11H2,1-4H3,(H,27,29)/t19-/m1/s1. The van der Waals surface area contributed by atoms with E-state index in [1.165, 1.54) is 10.8 Å². The molecule has 174 valence electrons. The van der Waals surface area contributed by atoms with Gasteiger partial charge in [-0.05, 0) is 44.5 Å². The summed E-state index contributed by atoms with van der Waals surface area (Å²) in [6.07, 6.45) is 0.897. The number of amides is 1. The van der Waals surface area contributed by atoms with E-state index in [1.807, 2.05) is 0 Å². The molecule has 0 spiro atoms. The van der Waals surface area contributed by atoms with E-state index in [0.717, 1.165) is 19.2 Å². The van der Waals surface area contributed by atoms with Crippen LogP contribution in [0.4, 0.5) is 13.6 Å². The van der Waals surface area contributed by atoms with Gasteiger partial charge in [-0.1, -0.05) is 18.2 Å². The Morgan fingerprint density at radius 1 is 1.06 bits per heavy atom. The first kappa shape index (κ1) is 23.9. The summed E-state index contributed by atoms with van der Waals surface area (Å²) < 4.78 is 38.6. The quantitative estimate of drug-likeness (QED) is 0.579. The Hall–Kier alpha value is -3.75. The highest BCUT2D eigenvalue weighted by Crippen LogP contribution is 2.24. The van der Waals surface area contributed by atoms with Gasteiger partial charge in [-0.2, -0.15) is 0 Å². The number of nitrogens with one attached hydrogen (secondary N) is 1. The Labute approximate surface area is 189 Å². The van der Waals surface area contributed by atoms with Crippen LogP contribution < -0.4 is 5.32 Å². The lowest BCUT2D eigenvalue weighted by Gasteiger charge is -2.19. The second-order valence-corrected chi connectivity index (χ2v) is 8.43. The average Bonchev–Trinajstić information content (AvgIpc) is 3.09. The molecule has 0 saturated heterocycles. The van der Waals surface area contributed by atoms with Crippen LogP contribution in [0.1, 0.15) is 36.7 Å². The highest BCUT2D eigenvalue weighted by atomic mass is 19.1. The number of rotatable bonds is 5. The number of carbonyl (C=O) groups excluding carboxylic acids is 3. The molecule has 7 nitrogen and oxygen atoms in total. The fourth-order valence-corrected chi connectivity index (χ4v) is 3.36. The lowest BCUT2D eigenvalue weighted by Crippen LogP contribution is -2.43. The van der Waals surface area contributed by atoms with Gasteiger partial charge in [0.2, 0.25) is 0 Å². The van der Waals surface area contributed by atoms with Crippen molar-refractivity contribution in [2.75, 3.05) is 7.11 Å². The molecule has 1 heterocycles. The zero-order chi connectivity index (χ0) is 24.3. The van der Waals surface area contributed by atoms with Gasteiger partial charge in [0, 0.05) is 29.6 Å². The van der Waals surface area contributed by atoms with Crippen LogP contribution in [0.15, 0.2) is 48.7 Å². The van der Waals surface area contributed by atoms with E-state index in [2.05, 4.69) is 5.32 Å². The number of fused-ring (bicyclic) bond motifs is 1. The second-order valence-electron chi connectivity index (χ2n) is 8.43. The van der Waals surface area contributed by atoms with Crippen LogP contribution in [0.25, 0.3) is 10.9 Å². The van der Waals surface area contributed by atoms with Gasteiger partial charge in [-0.25, -0.2) is 18.4 Å². The summed E-state index contributed by atoms with van der Waals surface area (Å²) in [6, 6.07) is 8.21. The molecule has 1 N–H and O–H groups in total. The lowest BCUT2D eigenvalue weighted by atomic mass is 10.0. The molecule has 33 heavy (non-hydrogen) atoms. The monoisotopic (exact) mass is 458 g/mol. The minimum atomic E-state index is -1.17. The molecule has 9 heteroatoms. The Morgan fingerprint density at radius 3 is 2.30 bits per heavy atom.